The maximum absolute atomic E-state index is 6.06. The number of fused-ring (bicyclic) bond motifs is 1. The predicted molar refractivity (Wildman–Crippen MR) is 125 cm³/mol. The van der Waals surface area contributed by atoms with Gasteiger partial charge in [0.1, 0.15) is 11.6 Å². The lowest BCUT2D eigenvalue weighted by Crippen LogP contribution is -2.05. The van der Waals surface area contributed by atoms with Crippen molar-refractivity contribution in [2.24, 2.45) is 0 Å². The van der Waals surface area contributed by atoms with E-state index in [0.29, 0.717) is 6.61 Å². The van der Waals surface area contributed by atoms with Gasteiger partial charge in [-0.3, -0.25) is 0 Å². The van der Waals surface area contributed by atoms with Crippen molar-refractivity contribution in [3.05, 3.63) is 96.6 Å². The molecule has 0 saturated heterocycles. The molecular weight excluding hydrogens is 368 g/mol. The molecule has 4 rings (SSSR count). The van der Waals surface area contributed by atoms with Crippen molar-refractivity contribution in [2.45, 2.75) is 32.7 Å². The second-order valence-electron chi connectivity index (χ2n) is 7.55. The molecule has 0 bridgehead atoms. The second-order valence-corrected chi connectivity index (χ2v) is 7.55. The quantitative estimate of drug-likeness (QED) is 0.235. The summed E-state index contributed by atoms with van der Waals surface area (Å²) in [5, 5.41) is 0. The fraction of sp³-hybridized carbons (Fsp3) is 0.222. The number of hydrogen-bond donors (Lipinski definition) is 0. The third-order valence-electron chi connectivity index (χ3n) is 5.41. The molecule has 0 radical (unpaired) electrons. The van der Waals surface area contributed by atoms with Gasteiger partial charge in [-0.2, -0.15) is 0 Å². The van der Waals surface area contributed by atoms with Gasteiger partial charge in [0.15, 0.2) is 0 Å². The van der Waals surface area contributed by atoms with Gasteiger partial charge >= 0.3 is 0 Å². The van der Waals surface area contributed by atoms with E-state index in [1.165, 1.54) is 22.2 Å². The predicted octanol–water partition coefficient (Wildman–Crippen LogP) is 6.60. The standard InChI is InChI=1S/C27H28N2O/c1-3-12-22-14-5-9-18-26(22)30-20-11-10-19-29-25-17-8-7-16-24(25)28-27(29)23-15-6-4-13-21(23)2/h3-9,13-18H,1,10-12,19-20H2,2H3. The van der Waals surface area contributed by atoms with E-state index in [1.807, 2.05) is 24.3 Å². The zero-order valence-electron chi connectivity index (χ0n) is 17.6. The normalized spacial score (nSPS) is 11.0. The smallest absolute Gasteiger partial charge is 0.141 e. The van der Waals surface area contributed by atoms with Gasteiger partial charge in [0.2, 0.25) is 0 Å². The lowest BCUT2D eigenvalue weighted by Gasteiger charge is -2.12. The van der Waals surface area contributed by atoms with E-state index in [9.17, 15) is 0 Å². The first kappa shape index (κ1) is 20.0. The van der Waals surface area contributed by atoms with Crippen molar-refractivity contribution in [3.8, 4) is 17.1 Å². The Morgan fingerprint density at radius 1 is 0.933 bits per heavy atom. The van der Waals surface area contributed by atoms with Crippen LogP contribution in [0.2, 0.25) is 0 Å². The van der Waals surface area contributed by atoms with E-state index in [4.69, 9.17) is 9.72 Å². The van der Waals surface area contributed by atoms with Crippen molar-refractivity contribution < 1.29 is 4.74 Å². The van der Waals surface area contributed by atoms with E-state index in [1.54, 1.807) is 0 Å². The fourth-order valence-corrected chi connectivity index (χ4v) is 3.85. The number of rotatable bonds is 9. The fourth-order valence-electron chi connectivity index (χ4n) is 3.85. The number of unbranched alkanes of at least 4 members (excludes halogenated alkanes) is 1. The van der Waals surface area contributed by atoms with Crippen molar-refractivity contribution in [1.29, 1.82) is 0 Å². The minimum absolute atomic E-state index is 0.709. The van der Waals surface area contributed by atoms with E-state index in [0.717, 1.165) is 42.9 Å². The van der Waals surface area contributed by atoms with Crippen LogP contribution in [0, 0.1) is 6.92 Å². The first-order chi connectivity index (χ1) is 14.8. The lowest BCUT2D eigenvalue weighted by molar-refractivity contribution is 0.301. The Hall–Kier alpha value is -3.33. The number of aryl methyl sites for hydroxylation is 2. The molecular formula is C27H28N2O. The van der Waals surface area contributed by atoms with Gasteiger partial charge in [-0.25, -0.2) is 4.98 Å². The molecule has 0 amide bonds. The molecule has 0 saturated carbocycles. The van der Waals surface area contributed by atoms with Crippen LogP contribution in [0.4, 0.5) is 0 Å². The lowest BCUT2D eigenvalue weighted by atomic mass is 10.1. The van der Waals surface area contributed by atoms with Crippen LogP contribution in [-0.4, -0.2) is 16.2 Å². The Balaban J connectivity index is 1.46. The molecule has 0 N–H and O–H groups in total. The molecule has 1 heterocycles. The molecule has 0 fully saturated rings. The summed E-state index contributed by atoms with van der Waals surface area (Å²) in [5.74, 6) is 2.01. The van der Waals surface area contributed by atoms with Gasteiger partial charge in [-0.15, -0.1) is 6.58 Å². The molecule has 0 aliphatic rings. The van der Waals surface area contributed by atoms with Crippen molar-refractivity contribution in [1.82, 2.24) is 9.55 Å². The number of para-hydroxylation sites is 3. The van der Waals surface area contributed by atoms with Gasteiger partial charge < -0.3 is 9.30 Å². The van der Waals surface area contributed by atoms with Crippen LogP contribution in [-0.2, 0) is 13.0 Å². The third-order valence-corrected chi connectivity index (χ3v) is 5.41. The number of aromatic nitrogens is 2. The Labute approximate surface area is 178 Å². The maximum Gasteiger partial charge on any atom is 0.141 e. The SMILES string of the molecule is C=CCc1ccccc1OCCCCn1c(-c2ccccc2C)nc2ccccc21. The van der Waals surface area contributed by atoms with Gasteiger partial charge in [0, 0.05) is 12.1 Å². The molecule has 3 aromatic carbocycles. The maximum atomic E-state index is 6.06. The average molecular weight is 397 g/mol. The number of benzene rings is 3. The summed E-state index contributed by atoms with van der Waals surface area (Å²) in [6.07, 6.45) is 4.77. The van der Waals surface area contributed by atoms with E-state index >= 15 is 0 Å². The molecule has 3 heteroatoms. The molecule has 30 heavy (non-hydrogen) atoms. The van der Waals surface area contributed by atoms with Gasteiger partial charge in [0.25, 0.3) is 0 Å². The zero-order chi connectivity index (χ0) is 20.8. The van der Waals surface area contributed by atoms with Crippen molar-refractivity contribution >= 4 is 11.0 Å². The molecule has 0 aliphatic heterocycles. The average Bonchev–Trinajstić information content (AvgIpc) is 3.13. The summed E-state index contributed by atoms with van der Waals surface area (Å²) in [7, 11) is 0. The van der Waals surface area contributed by atoms with Gasteiger partial charge in [-0.05, 0) is 55.5 Å². The topological polar surface area (TPSA) is 27.1 Å². The van der Waals surface area contributed by atoms with Crippen LogP contribution in [0.3, 0.4) is 0 Å². The van der Waals surface area contributed by atoms with Crippen molar-refractivity contribution in [3.63, 3.8) is 0 Å². The van der Waals surface area contributed by atoms with E-state index in [-0.39, 0.29) is 0 Å². The highest BCUT2D eigenvalue weighted by molar-refractivity contribution is 5.81. The molecule has 0 aliphatic carbocycles. The van der Waals surface area contributed by atoms with Gasteiger partial charge in [-0.1, -0.05) is 60.7 Å². The van der Waals surface area contributed by atoms with Crippen LogP contribution in [0.5, 0.6) is 5.75 Å². The molecule has 3 nitrogen and oxygen atoms in total. The minimum Gasteiger partial charge on any atom is -0.493 e. The highest BCUT2D eigenvalue weighted by atomic mass is 16.5. The highest BCUT2D eigenvalue weighted by Crippen LogP contribution is 2.27. The zero-order valence-corrected chi connectivity index (χ0v) is 17.6. The number of allylic oxidation sites excluding steroid dienone is 1. The largest absolute Gasteiger partial charge is 0.493 e. The number of imidazole rings is 1. The summed E-state index contributed by atoms with van der Waals surface area (Å²) in [4.78, 5) is 4.94. The summed E-state index contributed by atoms with van der Waals surface area (Å²) >= 11 is 0. The number of nitrogens with zero attached hydrogens (tertiary/aromatic N) is 2. The minimum atomic E-state index is 0.709. The summed E-state index contributed by atoms with van der Waals surface area (Å²) in [5.41, 5.74) is 5.87. The summed E-state index contributed by atoms with van der Waals surface area (Å²) in [6, 6.07) is 25.1. The van der Waals surface area contributed by atoms with E-state index in [2.05, 4.69) is 72.7 Å². The molecule has 1 aromatic heterocycles. The van der Waals surface area contributed by atoms with Crippen LogP contribution in [0.25, 0.3) is 22.4 Å². The van der Waals surface area contributed by atoms with Gasteiger partial charge in [0.05, 0.1) is 17.6 Å². The monoisotopic (exact) mass is 396 g/mol. The van der Waals surface area contributed by atoms with Crippen LogP contribution in [0.1, 0.15) is 24.0 Å². The van der Waals surface area contributed by atoms with Crippen LogP contribution >= 0.6 is 0 Å². The third kappa shape index (κ3) is 4.30. The molecule has 4 aromatic rings. The molecule has 152 valence electrons. The Morgan fingerprint density at radius 2 is 1.70 bits per heavy atom. The Bertz CT molecular complexity index is 1140. The second kappa shape index (κ2) is 9.45. The van der Waals surface area contributed by atoms with Crippen molar-refractivity contribution in [2.75, 3.05) is 6.61 Å². The molecule has 0 unspecified atom stereocenters. The van der Waals surface area contributed by atoms with Crippen LogP contribution in [0.15, 0.2) is 85.5 Å². The van der Waals surface area contributed by atoms with Crippen LogP contribution < -0.4 is 4.74 Å². The summed E-state index contributed by atoms with van der Waals surface area (Å²) in [6.45, 7) is 7.61. The Kier molecular flexibility index (Phi) is 6.29. The number of ether oxygens (including phenoxy) is 1. The van der Waals surface area contributed by atoms with E-state index < -0.39 is 0 Å². The molecule has 0 atom stereocenters. The Morgan fingerprint density at radius 3 is 2.57 bits per heavy atom. The first-order valence-corrected chi connectivity index (χ1v) is 10.6. The number of hydrogen-bond acceptors (Lipinski definition) is 2. The highest BCUT2D eigenvalue weighted by Gasteiger charge is 2.13. The molecule has 0 spiro atoms. The first-order valence-electron chi connectivity index (χ1n) is 10.6. The summed E-state index contributed by atoms with van der Waals surface area (Å²) < 4.78 is 8.41.